The van der Waals surface area contributed by atoms with Gasteiger partial charge >= 0.3 is 6.03 Å². The van der Waals surface area contributed by atoms with Gasteiger partial charge in [-0.05, 0) is 36.6 Å². The van der Waals surface area contributed by atoms with E-state index in [1.807, 2.05) is 0 Å². The molecule has 0 aromatic heterocycles. The molecule has 4 nitrogen and oxygen atoms in total. The Hall–Kier alpha value is -2.72. The van der Waals surface area contributed by atoms with Crippen molar-refractivity contribution in [3.05, 3.63) is 76.4 Å². The molecule has 0 spiro atoms. The van der Waals surface area contributed by atoms with Gasteiger partial charge < -0.3 is 10.6 Å². The fourth-order valence-electron chi connectivity index (χ4n) is 3.67. The number of aryl methyl sites for hydroxylation is 2. The van der Waals surface area contributed by atoms with Crippen molar-refractivity contribution in [2.24, 2.45) is 10.9 Å². The Bertz CT molecular complexity index is 879. The summed E-state index contributed by atoms with van der Waals surface area (Å²) in [6, 6.07) is 16.5. The molecule has 1 fully saturated rings. The summed E-state index contributed by atoms with van der Waals surface area (Å²) < 4.78 is 0. The number of hydrogen-bond acceptors (Lipinski definition) is 2. The summed E-state index contributed by atoms with van der Waals surface area (Å²) in [6.07, 6.45) is 2.14. The van der Waals surface area contributed by atoms with Crippen molar-refractivity contribution in [1.29, 1.82) is 0 Å². The molecule has 4 rings (SSSR count). The van der Waals surface area contributed by atoms with E-state index in [0.717, 1.165) is 35.5 Å². The maximum absolute atomic E-state index is 12.3. The Morgan fingerprint density at radius 3 is 2.35 bits per heavy atom. The molecule has 2 N–H and O–H groups in total. The first-order valence-electron chi connectivity index (χ1n) is 9.04. The summed E-state index contributed by atoms with van der Waals surface area (Å²) in [4.78, 5) is 16.6. The largest absolute Gasteiger partial charge is 0.341 e. The van der Waals surface area contributed by atoms with E-state index in [-0.39, 0.29) is 18.0 Å². The first-order chi connectivity index (χ1) is 12.6. The Morgan fingerprint density at radius 2 is 1.65 bits per heavy atom. The third-order valence-electron chi connectivity index (χ3n) is 5.12. The van der Waals surface area contributed by atoms with Crippen LogP contribution in [-0.2, 0) is 0 Å². The van der Waals surface area contributed by atoms with Crippen LogP contribution in [0.15, 0.2) is 59.1 Å². The topological polar surface area (TPSA) is 53.5 Å². The average molecular weight is 345 g/mol. The van der Waals surface area contributed by atoms with Gasteiger partial charge in [0.25, 0.3) is 0 Å². The second-order valence-corrected chi connectivity index (χ2v) is 7.15. The van der Waals surface area contributed by atoms with Crippen LogP contribution in [0.2, 0.25) is 0 Å². The van der Waals surface area contributed by atoms with Crippen LogP contribution >= 0.6 is 0 Å². The van der Waals surface area contributed by atoms with Crippen molar-refractivity contribution in [2.45, 2.75) is 19.9 Å². The molecule has 2 atom stereocenters. The summed E-state index contributed by atoms with van der Waals surface area (Å²) in [6.45, 7) is 5.69. The van der Waals surface area contributed by atoms with Crippen LogP contribution in [0.1, 0.15) is 28.3 Å². The predicted octanol–water partition coefficient (Wildman–Crippen LogP) is 3.81. The molecule has 2 aliphatic heterocycles. The number of nitrogens with zero attached hydrogens (tertiary/aromatic N) is 1. The van der Waals surface area contributed by atoms with Crippen molar-refractivity contribution in [3.8, 4) is 0 Å². The van der Waals surface area contributed by atoms with Crippen molar-refractivity contribution in [1.82, 2.24) is 10.6 Å². The van der Waals surface area contributed by atoms with Gasteiger partial charge in [-0.3, -0.25) is 0 Å². The van der Waals surface area contributed by atoms with Crippen LogP contribution < -0.4 is 10.6 Å². The number of benzene rings is 2. The zero-order valence-electron chi connectivity index (χ0n) is 15.1. The quantitative estimate of drug-likeness (QED) is 0.869. The van der Waals surface area contributed by atoms with Crippen LogP contribution in [0.3, 0.4) is 0 Å². The van der Waals surface area contributed by atoms with E-state index in [9.17, 15) is 4.79 Å². The maximum Gasteiger partial charge on any atom is 0.341 e. The number of hydrogen-bond donors (Lipinski definition) is 2. The normalized spacial score (nSPS) is 24.0. The molecule has 0 radical (unpaired) electrons. The van der Waals surface area contributed by atoms with Gasteiger partial charge in [-0.15, -0.1) is 0 Å². The molecule has 0 aliphatic carbocycles. The fraction of sp³-hybridized carbons (Fsp3) is 0.273. The summed E-state index contributed by atoms with van der Waals surface area (Å²) in [5.74, 6) is 0.140. The van der Waals surface area contributed by atoms with E-state index in [4.69, 9.17) is 0 Å². The zero-order valence-corrected chi connectivity index (χ0v) is 15.1. The number of urea groups is 1. The molecule has 132 valence electrons. The smallest absolute Gasteiger partial charge is 0.329 e. The lowest BCUT2D eigenvalue weighted by Gasteiger charge is -2.37. The third kappa shape index (κ3) is 3.33. The van der Waals surface area contributed by atoms with E-state index >= 15 is 0 Å². The van der Waals surface area contributed by atoms with Crippen LogP contribution in [-0.4, -0.2) is 24.8 Å². The standard InChI is InChI=1S/C22H23N3O/c1-14-3-7-16(8-4-14)11-18-12-23-13-19-20(24-22(26)25-21(18)19)17-9-5-15(2)6-10-17/h3-11,19-20,23H,12-13H2,1-2H3,(H,24,26)/b18-11+. The van der Waals surface area contributed by atoms with Crippen molar-refractivity contribution < 1.29 is 4.79 Å². The fourth-order valence-corrected chi connectivity index (χ4v) is 3.67. The van der Waals surface area contributed by atoms with Crippen molar-refractivity contribution in [2.75, 3.05) is 13.1 Å². The minimum atomic E-state index is -0.251. The molecule has 2 amide bonds. The van der Waals surface area contributed by atoms with E-state index < -0.39 is 0 Å². The SMILES string of the molecule is Cc1ccc(/C=C2\CNCC3C2=NC(=O)NC3c2ccc(C)cc2)cc1. The van der Waals surface area contributed by atoms with Gasteiger partial charge in [-0.2, -0.15) is 4.99 Å². The molecule has 1 saturated heterocycles. The van der Waals surface area contributed by atoms with Crippen LogP contribution in [0.4, 0.5) is 4.79 Å². The summed E-state index contributed by atoms with van der Waals surface area (Å²) >= 11 is 0. The molecular formula is C22H23N3O. The van der Waals surface area contributed by atoms with Crippen molar-refractivity contribution in [3.63, 3.8) is 0 Å². The van der Waals surface area contributed by atoms with Gasteiger partial charge in [0.05, 0.1) is 11.8 Å². The van der Waals surface area contributed by atoms with E-state index in [2.05, 4.69) is 84.1 Å². The molecule has 26 heavy (non-hydrogen) atoms. The molecule has 0 saturated carbocycles. The molecule has 2 unspecified atom stereocenters. The van der Waals surface area contributed by atoms with E-state index in [0.29, 0.717) is 0 Å². The maximum atomic E-state index is 12.3. The van der Waals surface area contributed by atoms with Gasteiger partial charge in [-0.25, -0.2) is 4.79 Å². The highest BCUT2D eigenvalue weighted by atomic mass is 16.2. The molecule has 0 bridgehead atoms. The number of nitrogens with one attached hydrogen (secondary N) is 2. The van der Waals surface area contributed by atoms with Gasteiger partial charge in [0.1, 0.15) is 0 Å². The lowest BCUT2D eigenvalue weighted by molar-refractivity contribution is 0.239. The predicted molar refractivity (Wildman–Crippen MR) is 105 cm³/mol. The molecule has 2 heterocycles. The Labute approximate surface area is 154 Å². The summed E-state index contributed by atoms with van der Waals surface area (Å²) in [5.41, 5.74) is 6.72. The molecule has 2 aromatic rings. The number of amides is 2. The van der Waals surface area contributed by atoms with Gasteiger partial charge in [0, 0.05) is 19.0 Å². The number of fused-ring (bicyclic) bond motifs is 1. The first kappa shape index (κ1) is 16.7. The highest BCUT2D eigenvalue weighted by molar-refractivity contribution is 6.12. The Kier molecular flexibility index (Phi) is 4.43. The number of carbonyl (C=O) groups is 1. The highest BCUT2D eigenvalue weighted by Crippen LogP contribution is 2.31. The Balaban J connectivity index is 1.69. The van der Waals surface area contributed by atoms with Crippen molar-refractivity contribution >= 4 is 17.8 Å². The summed E-state index contributed by atoms with van der Waals surface area (Å²) in [5, 5.41) is 6.54. The number of piperidine rings is 1. The average Bonchev–Trinajstić information content (AvgIpc) is 2.64. The first-order valence-corrected chi connectivity index (χ1v) is 9.04. The molecule has 2 aromatic carbocycles. The van der Waals surface area contributed by atoms with Crippen LogP contribution in [0.5, 0.6) is 0 Å². The second kappa shape index (κ2) is 6.89. The molecule has 4 heteroatoms. The number of carbonyl (C=O) groups excluding carboxylic acids is 1. The zero-order chi connectivity index (χ0) is 18.1. The van der Waals surface area contributed by atoms with E-state index in [1.165, 1.54) is 11.1 Å². The minimum Gasteiger partial charge on any atom is -0.329 e. The summed E-state index contributed by atoms with van der Waals surface area (Å²) in [7, 11) is 0. The minimum absolute atomic E-state index is 0.0511. The lowest BCUT2D eigenvalue weighted by atomic mass is 9.81. The lowest BCUT2D eigenvalue weighted by Crippen LogP contribution is -2.50. The number of rotatable bonds is 2. The van der Waals surface area contributed by atoms with Gasteiger partial charge in [0.15, 0.2) is 0 Å². The molecular weight excluding hydrogens is 322 g/mol. The number of aliphatic imine (C=N–C) groups is 1. The van der Waals surface area contributed by atoms with Gasteiger partial charge in [-0.1, -0.05) is 59.7 Å². The third-order valence-corrected chi connectivity index (χ3v) is 5.12. The van der Waals surface area contributed by atoms with E-state index in [1.54, 1.807) is 0 Å². The Morgan fingerprint density at radius 1 is 1.00 bits per heavy atom. The highest BCUT2D eigenvalue weighted by Gasteiger charge is 2.36. The van der Waals surface area contributed by atoms with Gasteiger partial charge in [0.2, 0.25) is 0 Å². The van der Waals surface area contributed by atoms with Crippen LogP contribution in [0, 0.1) is 19.8 Å². The molecule has 2 aliphatic rings. The van der Waals surface area contributed by atoms with Crippen LogP contribution in [0.25, 0.3) is 6.08 Å². The monoisotopic (exact) mass is 345 g/mol. The second-order valence-electron chi connectivity index (χ2n) is 7.15.